The van der Waals surface area contributed by atoms with E-state index >= 15 is 0 Å². The molecule has 3 fully saturated rings. The van der Waals surface area contributed by atoms with Gasteiger partial charge in [0.05, 0.1) is 0 Å². The summed E-state index contributed by atoms with van der Waals surface area (Å²) in [5, 5.41) is 3.89. The van der Waals surface area contributed by atoms with Crippen molar-refractivity contribution in [3.8, 4) is 0 Å². The smallest absolute Gasteiger partial charge is 0.0223 e. The highest BCUT2D eigenvalue weighted by molar-refractivity contribution is 4.90. The minimum absolute atomic E-state index is 0.757. The second-order valence-electron chi connectivity index (χ2n) is 7.82. The molecule has 0 radical (unpaired) electrons. The molecule has 0 aromatic heterocycles. The summed E-state index contributed by atoms with van der Waals surface area (Å²) in [6, 6.07) is 2.36. The Bertz CT molecular complexity index is 314. The Balaban J connectivity index is 1.59. The van der Waals surface area contributed by atoms with E-state index in [1.54, 1.807) is 0 Å². The predicted octanol–water partition coefficient (Wildman–Crippen LogP) is 2.71. The monoisotopic (exact) mass is 293 g/mol. The molecule has 0 spiro atoms. The quantitative estimate of drug-likeness (QED) is 0.844. The van der Waals surface area contributed by atoms with Gasteiger partial charge in [-0.3, -0.25) is 4.90 Å². The number of nitrogens with one attached hydrogen (secondary N) is 1. The van der Waals surface area contributed by atoms with Crippen molar-refractivity contribution in [3.05, 3.63) is 0 Å². The second kappa shape index (κ2) is 7.43. The molecule has 1 saturated carbocycles. The molecule has 21 heavy (non-hydrogen) atoms. The third-order valence-corrected chi connectivity index (χ3v) is 6.38. The molecule has 3 rings (SSSR count). The van der Waals surface area contributed by atoms with Crippen LogP contribution in [0.2, 0.25) is 0 Å². The van der Waals surface area contributed by atoms with E-state index in [4.69, 9.17) is 0 Å². The summed E-state index contributed by atoms with van der Waals surface area (Å²) in [6.07, 6.45) is 11.4. The fraction of sp³-hybridized carbons (Fsp3) is 1.00. The summed E-state index contributed by atoms with van der Waals surface area (Å²) in [6.45, 7) is 7.55. The highest BCUT2D eigenvalue weighted by Crippen LogP contribution is 2.29. The number of likely N-dealkylation sites (tertiary alicyclic amines) is 1. The highest BCUT2D eigenvalue weighted by atomic mass is 15.2. The van der Waals surface area contributed by atoms with Crippen LogP contribution >= 0.6 is 0 Å². The Morgan fingerprint density at radius 1 is 0.952 bits per heavy atom. The Labute approximate surface area is 131 Å². The molecule has 3 nitrogen and oxygen atoms in total. The van der Waals surface area contributed by atoms with Crippen molar-refractivity contribution in [1.29, 1.82) is 0 Å². The van der Waals surface area contributed by atoms with Gasteiger partial charge in [0.2, 0.25) is 0 Å². The molecule has 0 amide bonds. The molecule has 2 aliphatic heterocycles. The Morgan fingerprint density at radius 3 is 2.52 bits per heavy atom. The van der Waals surface area contributed by atoms with E-state index < -0.39 is 0 Å². The maximum absolute atomic E-state index is 3.89. The molecule has 122 valence electrons. The van der Waals surface area contributed by atoms with Crippen LogP contribution in [0.3, 0.4) is 0 Å². The van der Waals surface area contributed by atoms with Crippen LogP contribution in [0.25, 0.3) is 0 Å². The Kier molecular flexibility index (Phi) is 5.58. The maximum atomic E-state index is 3.89. The minimum atomic E-state index is 0.757. The molecular formula is C18H35N3. The molecule has 1 aliphatic carbocycles. The van der Waals surface area contributed by atoms with Gasteiger partial charge in [-0.25, -0.2) is 0 Å². The molecule has 3 unspecified atom stereocenters. The van der Waals surface area contributed by atoms with Gasteiger partial charge in [-0.1, -0.05) is 19.3 Å². The van der Waals surface area contributed by atoms with Crippen LogP contribution < -0.4 is 5.32 Å². The lowest BCUT2D eigenvalue weighted by molar-refractivity contribution is 0.0794. The van der Waals surface area contributed by atoms with Crippen LogP contribution in [0.5, 0.6) is 0 Å². The molecule has 2 saturated heterocycles. The van der Waals surface area contributed by atoms with Crippen LogP contribution in [-0.4, -0.2) is 61.2 Å². The zero-order valence-corrected chi connectivity index (χ0v) is 14.2. The lowest BCUT2D eigenvalue weighted by atomic mass is 9.83. The SMILES string of the molecule is CC1CC(N2CCCNC(C3CCCCC3)C2)CCN1C. The normalized spacial score (nSPS) is 38.3. The number of rotatable bonds is 2. The summed E-state index contributed by atoms with van der Waals surface area (Å²) in [5.41, 5.74) is 0. The third kappa shape index (κ3) is 4.00. The van der Waals surface area contributed by atoms with Gasteiger partial charge in [-0.15, -0.1) is 0 Å². The number of hydrogen-bond donors (Lipinski definition) is 1. The van der Waals surface area contributed by atoms with Crippen molar-refractivity contribution in [3.63, 3.8) is 0 Å². The standard InChI is InChI=1S/C18H35N3/c1-15-13-17(9-12-20(15)2)21-11-6-10-19-18(14-21)16-7-4-3-5-8-16/h15-19H,3-14H2,1-2H3. The van der Waals surface area contributed by atoms with Crippen LogP contribution in [0.4, 0.5) is 0 Å². The largest absolute Gasteiger partial charge is 0.312 e. The van der Waals surface area contributed by atoms with Crippen molar-refractivity contribution in [2.45, 2.75) is 76.4 Å². The fourth-order valence-electron chi connectivity index (χ4n) is 4.76. The van der Waals surface area contributed by atoms with E-state index in [0.29, 0.717) is 0 Å². The van der Waals surface area contributed by atoms with Gasteiger partial charge < -0.3 is 10.2 Å². The van der Waals surface area contributed by atoms with Gasteiger partial charge in [0.25, 0.3) is 0 Å². The van der Waals surface area contributed by atoms with Crippen LogP contribution in [0, 0.1) is 5.92 Å². The van der Waals surface area contributed by atoms with Crippen LogP contribution in [0.1, 0.15) is 58.3 Å². The minimum Gasteiger partial charge on any atom is -0.312 e. The van der Waals surface area contributed by atoms with Crippen molar-refractivity contribution in [1.82, 2.24) is 15.1 Å². The van der Waals surface area contributed by atoms with Gasteiger partial charge in [-0.05, 0) is 71.6 Å². The first kappa shape index (κ1) is 15.8. The fourth-order valence-corrected chi connectivity index (χ4v) is 4.76. The lowest BCUT2D eigenvalue weighted by Gasteiger charge is -2.42. The molecule has 0 aromatic carbocycles. The van der Waals surface area contributed by atoms with Gasteiger partial charge in [-0.2, -0.15) is 0 Å². The third-order valence-electron chi connectivity index (χ3n) is 6.38. The number of nitrogens with zero attached hydrogens (tertiary/aromatic N) is 2. The molecule has 2 heterocycles. The first-order chi connectivity index (χ1) is 10.2. The van der Waals surface area contributed by atoms with Crippen LogP contribution in [0.15, 0.2) is 0 Å². The zero-order chi connectivity index (χ0) is 14.7. The summed E-state index contributed by atoms with van der Waals surface area (Å²) < 4.78 is 0. The van der Waals surface area contributed by atoms with E-state index in [1.165, 1.54) is 77.5 Å². The van der Waals surface area contributed by atoms with Crippen molar-refractivity contribution >= 4 is 0 Å². The van der Waals surface area contributed by atoms with Crippen molar-refractivity contribution < 1.29 is 0 Å². The topological polar surface area (TPSA) is 18.5 Å². The summed E-state index contributed by atoms with van der Waals surface area (Å²) in [5.74, 6) is 0.947. The van der Waals surface area contributed by atoms with Gasteiger partial charge in [0.1, 0.15) is 0 Å². The molecule has 3 atom stereocenters. The van der Waals surface area contributed by atoms with Gasteiger partial charge in [0.15, 0.2) is 0 Å². The molecule has 3 aliphatic rings. The Hall–Kier alpha value is -0.120. The van der Waals surface area contributed by atoms with Crippen LogP contribution in [-0.2, 0) is 0 Å². The molecular weight excluding hydrogens is 258 g/mol. The molecule has 1 N–H and O–H groups in total. The average Bonchev–Trinajstić information content (AvgIpc) is 2.77. The summed E-state index contributed by atoms with van der Waals surface area (Å²) >= 11 is 0. The van der Waals surface area contributed by atoms with Gasteiger partial charge in [0, 0.05) is 24.7 Å². The highest BCUT2D eigenvalue weighted by Gasteiger charge is 2.32. The lowest BCUT2D eigenvalue weighted by Crippen LogP contribution is -2.51. The van der Waals surface area contributed by atoms with Crippen molar-refractivity contribution in [2.75, 3.05) is 33.2 Å². The first-order valence-corrected chi connectivity index (χ1v) is 9.41. The van der Waals surface area contributed by atoms with E-state index in [-0.39, 0.29) is 0 Å². The number of hydrogen-bond acceptors (Lipinski definition) is 3. The van der Waals surface area contributed by atoms with E-state index in [0.717, 1.165) is 24.0 Å². The second-order valence-corrected chi connectivity index (χ2v) is 7.82. The van der Waals surface area contributed by atoms with E-state index in [9.17, 15) is 0 Å². The zero-order valence-electron chi connectivity index (χ0n) is 14.2. The Morgan fingerprint density at radius 2 is 1.76 bits per heavy atom. The molecule has 3 heteroatoms. The summed E-state index contributed by atoms with van der Waals surface area (Å²) in [4.78, 5) is 5.38. The average molecular weight is 293 g/mol. The van der Waals surface area contributed by atoms with E-state index in [1.807, 2.05) is 0 Å². The maximum Gasteiger partial charge on any atom is 0.0223 e. The molecule has 0 bridgehead atoms. The van der Waals surface area contributed by atoms with E-state index in [2.05, 4.69) is 29.1 Å². The van der Waals surface area contributed by atoms with Crippen molar-refractivity contribution in [2.24, 2.45) is 5.92 Å². The summed E-state index contributed by atoms with van der Waals surface area (Å²) in [7, 11) is 2.29. The van der Waals surface area contributed by atoms with Gasteiger partial charge >= 0.3 is 0 Å². The number of piperidine rings is 1. The first-order valence-electron chi connectivity index (χ1n) is 9.41. The predicted molar refractivity (Wildman–Crippen MR) is 89.7 cm³/mol. The molecule has 0 aromatic rings.